The van der Waals surface area contributed by atoms with E-state index >= 15 is 0 Å². The van der Waals surface area contributed by atoms with E-state index in [1.807, 2.05) is 0 Å². The number of Topliss-reactive ketones (excluding diaryl/α,β-unsaturated/α-hetero) is 1. The molecule has 0 atom stereocenters. The Morgan fingerprint density at radius 2 is 1.42 bits per heavy atom. The molecule has 0 aliphatic carbocycles. The first kappa shape index (κ1) is 23.8. The van der Waals surface area contributed by atoms with Gasteiger partial charge in [0.15, 0.2) is 18.1 Å². The van der Waals surface area contributed by atoms with E-state index in [1.165, 1.54) is 54.6 Å². The fraction of sp³-hybridized carbons (Fsp3) is 0.0417. The molecule has 3 aromatic carbocycles. The lowest BCUT2D eigenvalue weighted by molar-refractivity contribution is -0.385. The Kier molecular flexibility index (Phi) is 6.24. The van der Waals surface area contributed by atoms with Gasteiger partial charge in [0.2, 0.25) is 5.43 Å². The van der Waals surface area contributed by atoms with Gasteiger partial charge in [0.05, 0.1) is 26.6 Å². The Hall–Kier alpha value is -5.39. The molecule has 0 amide bonds. The number of fused-ring (bicyclic) bond motifs is 1. The molecule has 12 heteroatoms. The van der Waals surface area contributed by atoms with Gasteiger partial charge in [-0.2, -0.15) is 0 Å². The quantitative estimate of drug-likeness (QED) is 0.169. The minimum atomic E-state index is -0.863. The van der Waals surface area contributed by atoms with Crippen LogP contribution in [0.15, 0.2) is 71.5 Å². The number of aromatic nitrogens is 1. The number of hydrogen-bond acceptors (Lipinski definition) is 9. The zero-order valence-electron chi connectivity index (χ0n) is 18.2. The minimum Gasteiger partial charge on any atom is -0.503 e. The second-order valence-corrected chi connectivity index (χ2v) is 7.55. The SMILES string of the molecule is O=C(COC(=O)c1ccc2c(=O)c(O)c(-c3ccc([N+](=O)[O-])cc3)[nH]c2c1)c1ccc([N+](=O)[O-])cc1. The van der Waals surface area contributed by atoms with Crippen LogP contribution in [0.4, 0.5) is 11.4 Å². The summed E-state index contributed by atoms with van der Waals surface area (Å²) in [6.07, 6.45) is 0. The number of benzene rings is 3. The van der Waals surface area contributed by atoms with Crippen molar-refractivity contribution in [3.8, 4) is 17.0 Å². The Morgan fingerprint density at radius 1 is 0.861 bits per heavy atom. The van der Waals surface area contributed by atoms with Gasteiger partial charge in [0.1, 0.15) is 0 Å². The number of nitro benzene ring substituents is 2. The molecule has 0 aliphatic heterocycles. The Morgan fingerprint density at radius 3 is 2.00 bits per heavy atom. The van der Waals surface area contributed by atoms with Crippen molar-refractivity contribution in [3.05, 3.63) is 108 Å². The molecule has 0 radical (unpaired) electrons. The number of aromatic hydroxyl groups is 1. The third kappa shape index (κ3) is 4.63. The van der Waals surface area contributed by atoms with Crippen LogP contribution in [0.2, 0.25) is 0 Å². The van der Waals surface area contributed by atoms with Crippen LogP contribution in [0.1, 0.15) is 20.7 Å². The average Bonchev–Trinajstić information content (AvgIpc) is 2.88. The van der Waals surface area contributed by atoms with E-state index in [1.54, 1.807) is 0 Å². The van der Waals surface area contributed by atoms with Crippen molar-refractivity contribution in [2.24, 2.45) is 0 Å². The predicted octanol–water partition coefficient (Wildman–Crippen LogP) is 3.76. The number of pyridine rings is 1. The van der Waals surface area contributed by atoms with Gasteiger partial charge in [-0.25, -0.2) is 4.79 Å². The van der Waals surface area contributed by atoms with Crippen molar-refractivity contribution in [1.29, 1.82) is 0 Å². The van der Waals surface area contributed by atoms with E-state index in [9.17, 15) is 39.7 Å². The number of non-ortho nitro benzene ring substituents is 2. The van der Waals surface area contributed by atoms with Crippen molar-refractivity contribution in [2.45, 2.75) is 0 Å². The fourth-order valence-electron chi connectivity index (χ4n) is 3.43. The lowest BCUT2D eigenvalue weighted by Crippen LogP contribution is -2.14. The number of nitrogens with zero attached hydrogens (tertiary/aromatic N) is 2. The third-order valence-electron chi connectivity index (χ3n) is 5.31. The molecule has 0 unspecified atom stereocenters. The first-order chi connectivity index (χ1) is 17.2. The first-order valence-electron chi connectivity index (χ1n) is 10.2. The van der Waals surface area contributed by atoms with E-state index in [4.69, 9.17) is 4.74 Å². The molecular formula is C24H15N3O9. The van der Waals surface area contributed by atoms with Crippen LogP contribution >= 0.6 is 0 Å². The molecule has 180 valence electrons. The summed E-state index contributed by atoms with van der Waals surface area (Å²) in [4.78, 5) is 60.6. The molecule has 0 bridgehead atoms. The lowest BCUT2D eigenvalue weighted by atomic mass is 10.1. The number of rotatable bonds is 7. The van der Waals surface area contributed by atoms with Crippen LogP contribution in [-0.4, -0.2) is 38.3 Å². The van der Waals surface area contributed by atoms with Gasteiger partial charge < -0.3 is 14.8 Å². The number of ketones is 1. The molecule has 0 saturated carbocycles. The van der Waals surface area contributed by atoms with Gasteiger partial charge in [-0.1, -0.05) is 0 Å². The number of esters is 1. The molecule has 36 heavy (non-hydrogen) atoms. The first-order valence-corrected chi connectivity index (χ1v) is 10.2. The number of nitrogens with one attached hydrogen (secondary N) is 1. The highest BCUT2D eigenvalue weighted by molar-refractivity contribution is 6.00. The summed E-state index contributed by atoms with van der Waals surface area (Å²) in [6.45, 7) is -0.616. The zero-order chi connectivity index (χ0) is 26.0. The Labute approximate surface area is 200 Å². The number of carbonyl (C=O) groups is 2. The highest BCUT2D eigenvalue weighted by Crippen LogP contribution is 2.28. The van der Waals surface area contributed by atoms with Crippen molar-refractivity contribution in [1.82, 2.24) is 4.98 Å². The standard InChI is InChI=1S/C24H15N3O9/c28-20(13-1-6-16(7-2-13)26(32)33)12-36-24(31)15-5-10-18-19(11-15)25-21(23(30)22(18)29)14-3-8-17(9-4-14)27(34)35/h1-11,30H,12H2,(H,25,29). The van der Waals surface area contributed by atoms with E-state index < -0.39 is 39.4 Å². The molecule has 0 aliphatic rings. The minimum absolute atomic E-state index is 0.00117. The maximum Gasteiger partial charge on any atom is 0.338 e. The summed E-state index contributed by atoms with van der Waals surface area (Å²) in [7, 11) is 0. The summed E-state index contributed by atoms with van der Waals surface area (Å²) in [5.41, 5.74) is -0.454. The van der Waals surface area contributed by atoms with Crippen LogP contribution in [0.25, 0.3) is 22.2 Å². The number of nitro groups is 2. The largest absolute Gasteiger partial charge is 0.503 e. The van der Waals surface area contributed by atoms with Gasteiger partial charge in [0, 0.05) is 40.8 Å². The number of H-pyrrole nitrogens is 1. The third-order valence-corrected chi connectivity index (χ3v) is 5.31. The van der Waals surface area contributed by atoms with Gasteiger partial charge in [-0.05, 0) is 42.5 Å². The topological polar surface area (TPSA) is 183 Å². The van der Waals surface area contributed by atoms with Crippen LogP contribution in [-0.2, 0) is 4.74 Å². The van der Waals surface area contributed by atoms with Crippen molar-refractivity contribution >= 4 is 34.0 Å². The number of carbonyl (C=O) groups excluding carboxylic acids is 2. The van der Waals surface area contributed by atoms with E-state index in [2.05, 4.69) is 4.98 Å². The van der Waals surface area contributed by atoms with E-state index in [-0.39, 0.29) is 39.1 Å². The molecular weight excluding hydrogens is 474 g/mol. The maximum absolute atomic E-state index is 12.6. The predicted molar refractivity (Wildman–Crippen MR) is 126 cm³/mol. The molecule has 2 N–H and O–H groups in total. The van der Waals surface area contributed by atoms with Gasteiger partial charge in [-0.15, -0.1) is 0 Å². The number of ether oxygens (including phenoxy) is 1. The second-order valence-electron chi connectivity index (χ2n) is 7.55. The highest BCUT2D eigenvalue weighted by Gasteiger charge is 2.17. The normalized spacial score (nSPS) is 10.7. The summed E-state index contributed by atoms with van der Waals surface area (Å²) in [5.74, 6) is -2.03. The van der Waals surface area contributed by atoms with Crippen LogP contribution in [0.5, 0.6) is 5.75 Å². The Bertz CT molecular complexity index is 1590. The van der Waals surface area contributed by atoms with Crippen molar-refractivity contribution < 1.29 is 29.3 Å². The summed E-state index contributed by atoms with van der Waals surface area (Å²) < 4.78 is 5.05. The molecule has 1 aromatic heterocycles. The molecule has 12 nitrogen and oxygen atoms in total. The highest BCUT2D eigenvalue weighted by atomic mass is 16.6. The molecule has 0 saturated heterocycles. The van der Waals surface area contributed by atoms with Crippen LogP contribution < -0.4 is 5.43 Å². The zero-order valence-corrected chi connectivity index (χ0v) is 18.2. The molecule has 4 rings (SSSR count). The van der Waals surface area contributed by atoms with Crippen LogP contribution in [0, 0.1) is 20.2 Å². The fourth-order valence-corrected chi connectivity index (χ4v) is 3.43. The van der Waals surface area contributed by atoms with Gasteiger partial charge in [0.25, 0.3) is 11.4 Å². The monoisotopic (exact) mass is 489 g/mol. The van der Waals surface area contributed by atoms with Crippen LogP contribution in [0.3, 0.4) is 0 Å². The lowest BCUT2D eigenvalue weighted by Gasteiger charge is -2.09. The Balaban J connectivity index is 1.57. The number of hydrogen-bond donors (Lipinski definition) is 2. The number of aromatic amines is 1. The van der Waals surface area contributed by atoms with Crippen molar-refractivity contribution in [3.63, 3.8) is 0 Å². The molecule has 0 fully saturated rings. The molecule has 4 aromatic rings. The van der Waals surface area contributed by atoms with Gasteiger partial charge >= 0.3 is 5.97 Å². The summed E-state index contributed by atoms with van der Waals surface area (Å²) in [5, 5.41) is 32.0. The summed E-state index contributed by atoms with van der Waals surface area (Å²) >= 11 is 0. The van der Waals surface area contributed by atoms with Gasteiger partial charge in [-0.3, -0.25) is 29.8 Å². The molecule has 0 spiro atoms. The molecule has 1 heterocycles. The second kappa shape index (κ2) is 9.46. The van der Waals surface area contributed by atoms with Crippen molar-refractivity contribution in [2.75, 3.05) is 6.61 Å². The van der Waals surface area contributed by atoms with E-state index in [0.29, 0.717) is 5.56 Å². The van der Waals surface area contributed by atoms with E-state index in [0.717, 1.165) is 12.1 Å². The smallest absolute Gasteiger partial charge is 0.338 e. The maximum atomic E-state index is 12.6. The average molecular weight is 489 g/mol. The summed E-state index contributed by atoms with van der Waals surface area (Å²) in [6, 6.07) is 13.9.